The van der Waals surface area contributed by atoms with Crippen LogP contribution >= 0.6 is 0 Å². The van der Waals surface area contributed by atoms with E-state index in [0.29, 0.717) is 0 Å². The van der Waals surface area contributed by atoms with E-state index in [2.05, 4.69) is 0 Å². The van der Waals surface area contributed by atoms with E-state index >= 15 is 0 Å². The van der Waals surface area contributed by atoms with Gasteiger partial charge in [-0.2, -0.15) is 0 Å². The van der Waals surface area contributed by atoms with Crippen molar-refractivity contribution < 1.29 is 57.2 Å². The van der Waals surface area contributed by atoms with E-state index in [-0.39, 0.29) is 0 Å². The van der Waals surface area contributed by atoms with Crippen molar-refractivity contribution in [1.82, 2.24) is 0 Å². The number of hydrogen-bond acceptors (Lipinski definition) is 5. The van der Waals surface area contributed by atoms with Crippen LogP contribution in [0.1, 0.15) is 0 Å². The van der Waals surface area contributed by atoms with Crippen LogP contribution in [0.5, 0.6) is 0 Å². The summed E-state index contributed by atoms with van der Waals surface area (Å²) in [4.78, 5) is 29.3. The average Bonchev–Trinajstić information content (AvgIpc) is 1.36. The van der Waals surface area contributed by atoms with Crippen molar-refractivity contribution in [3.05, 3.63) is 0 Å². The van der Waals surface area contributed by atoms with Crippen molar-refractivity contribution in [3.63, 3.8) is 0 Å². The molecule has 0 radical (unpaired) electrons. The van der Waals surface area contributed by atoms with Crippen molar-refractivity contribution in [2.24, 2.45) is 0 Å². The Bertz CT molecular complexity index is 31.8. The predicted molar refractivity (Wildman–Crippen MR) is 15.3 cm³/mol. The number of rotatable bonds is 0. The Labute approximate surface area is 65.8 Å². The average molecular weight is 271 g/mol. The van der Waals surface area contributed by atoms with E-state index in [0.717, 1.165) is 36.7 Å². The summed E-state index contributed by atoms with van der Waals surface area (Å²) in [6.45, 7) is 0. The molecule has 0 aromatic heterocycles. The van der Waals surface area contributed by atoms with Crippen molar-refractivity contribution in [2.45, 2.75) is 0 Å². The second-order valence-corrected chi connectivity index (χ2v) is 1.80. The Hall–Kier alpha value is 1.14. The molecule has 0 spiro atoms. The molecule has 47 valence electrons. The van der Waals surface area contributed by atoms with Crippen LogP contribution in [0, 0.1) is 36.7 Å². The Morgan fingerprint density at radius 1 is 1.00 bits per heavy atom. The molecule has 0 aliphatic rings. The summed E-state index contributed by atoms with van der Waals surface area (Å²) in [5.41, 5.74) is 0. The van der Waals surface area contributed by atoms with Crippen LogP contribution in [0.25, 0.3) is 0 Å². The molecule has 0 aliphatic carbocycles. The van der Waals surface area contributed by atoms with Crippen LogP contribution in [0.4, 0.5) is 0 Å². The first kappa shape index (κ1) is 11.0. The van der Waals surface area contributed by atoms with Crippen LogP contribution in [0.3, 0.4) is 0 Å². The summed E-state index contributed by atoms with van der Waals surface area (Å²) >= 11 is 0.750. The van der Waals surface area contributed by atoms with Crippen molar-refractivity contribution in [3.8, 4) is 0 Å². The Kier molecular flexibility index (Phi) is 8.31. The van der Waals surface area contributed by atoms with Gasteiger partial charge in [0.05, 0.1) is 0 Å². The van der Waals surface area contributed by atoms with Gasteiger partial charge in [-0.25, -0.2) is 0 Å². The molecule has 0 atom stereocenters. The van der Waals surface area contributed by atoms with Gasteiger partial charge in [-0.3, -0.25) is 0 Å². The summed E-state index contributed by atoms with van der Waals surface area (Å²) in [5, 5.41) is 0. The fourth-order valence-corrected chi connectivity index (χ4v) is 0. The van der Waals surface area contributed by atoms with Gasteiger partial charge in [0.25, 0.3) is 0 Å². The zero-order chi connectivity index (χ0) is 6.50. The second kappa shape index (κ2) is 5.28. The van der Waals surface area contributed by atoms with Crippen molar-refractivity contribution in [2.75, 3.05) is 0 Å². The zero-order valence-electron chi connectivity index (χ0n) is 3.03. The molecule has 0 saturated heterocycles. The molecule has 7 heteroatoms. The fourth-order valence-electron chi connectivity index (χ4n) is 0. The summed E-state index contributed by atoms with van der Waals surface area (Å²) in [5.74, 6) is 0. The van der Waals surface area contributed by atoms with E-state index in [1.807, 2.05) is 0 Å². The fraction of sp³-hybridized carbons (Fsp3) is 0. The monoisotopic (exact) mass is 271 g/mol. The molecule has 0 bridgehead atoms. The van der Waals surface area contributed by atoms with Crippen molar-refractivity contribution >= 4 is 9.05 Å². The molecular formula is H4O5SiTb. The van der Waals surface area contributed by atoms with E-state index in [4.69, 9.17) is 20.5 Å². The van der Waals surface area contributed by atoms with Gasteiger partial charge < -0.3 is 19.2 Å². The zero-order valence-corrected chi connectivity index (χ0v) is 6.17. The van der Waals surface area contributed by atoms with Gasteiger partial charge >= 0.3 is 47.1 Å². The van der Waals surface area contributed by atoms with Gasteiger partial charge in [0, 0.05) is 0 Å². The van der Waals surface area contributed by atoms with Crippen LogP contribution in [-0.2, 0) is 1.33 Å². The Morgan fingerprint density at radius 3 is 1.00 bits per heavy atom. The molecule has 0 heterocycles. The SMILES string of the molecule is O[Si](O)(O)O.[O]=[Tb]. The third kappa shape index (κ3) is 145. The third-order valence-corrected chi connectivity index (χ3v) is 0. The molecule has 4 N–H and O–H groups in total. The Morgan fingerprint density at radius 2 is 1.00 bits per heavy atom. The van der Waals surface area contributed by atoms with Crippen molar-refractivity contribution in [1.29, 1.82) is 0 Å². The van der Waals surface area contributed by atoms with E-state index in [1.165, 1.54) is 0 Å². The summed E-state index contributed by atoms with van der Waals surface area (Å²) < 4.78 is 8.25. The van der Waals surface area contributed by atoms with Gasteiger partial charge in [-0.15, -0.1) is 0 Å². The minimum absolute atomic E-state index is 0.750. The Balaban J connectivity index is 0. The summed E-state index contributed by atoms with van der Waals surface area (Å²) in [7, 11) is -4.61. The first-order chi connectivity index (χ1) is 3.00. The van der Waals surface area contributed by atoms with Gasteiger partial charge in [0.15, 0.2) is 0 Å². The maximum atomic E-state index is 8.25. The molecule has 0 fully saturated rings. The molecule has 7 heavy (non-hydrogen) atoms. The second-order valence-electron chi connectivity index (χ2n) is 0.600. The van der Waals surface area contributed by atoms with E-state index in [1.54, 1.807) is 0 Å². The standard InChI is InChI=1S/H4O4Si.O.Tb/c1-5(2,3)4;;/h1-4H;;. The van der Waals surface area contributed by atoms with Crippen LogP contribution in [-0.4, -0.2) is 28.2 Å². The van der Waals surface area contributed by atoms with Crippen LogP contribution in [0.15, 0.2) is 0 Å². The molecule has 0 aromatic rings. The summed E-state index contributed by atoms with van der Waals surface area (Å²) in [6, 6.07) is 0. The first-order valence-corrected chi connectivity index (χ1v) is 3.69. The molecule has 0 saturated carbocycles. The van der Waals surface area contributed by atoms with Crippen LogP contribution < -0.4 is 0 Å². The van der Waals surface area contributed by atoms with Gasteiger partial charge in [0.1, 0.15) is 0 Å². The van der Waals surface area contributed by atoms with Gasteiger partial charge in [-0.05, 0) is 0 Å². The molecular weight excluding hydrogens is 267 g/mol. The minimum atomic E-state index is -4.61. The first-order valence-electron chi connectivity index (χ1n) is 1.03. The summed E-state index contributed by atoms with van der Waals surface area (Å²) in [6.07, 6.45) is 0. The molecule has 0 unspecified atom stereocenters. The van der Waals surface area contributed by atoms with E-state index < -0.39 is 9.05 Å². The predicted octanol–water partition coefficient (Wildman–Crippen LogP) is -2.73. The molecule has 0 amide bonds. The topological polar surface area (TPSA) is 98.0 Å². The van der Waals surface area contributed by atoms with E-state index in [9.17, 15) is 0 Å². The molecule has 0 rings (SSSR count). The quantitative estimate of drug-likeness (QED) is 0.359. The maximum absolute atomic E-state index is 8.25. The third-order valence-electron chi connectivity index (χ3n) is 0. The number of hydrogen-bond donors (Lipinski definition) is 4. The molecule has 5 nitrogen and oxygen atoms in total. The van der Waals surface area contributed by atoms with Gasteiger partial charge in [-0.1, -0.05) is 0 Å². The van der Waals surface area contributed by atoms with Gasteiger partial charge in [0.2, 0.25) is 0 Å². The molecule has 0 aromatic carbocycles. The molecule has 0 aliphatic heterocycles. The normalized spacial score (nSPS) is 9.29. The van der Waals surface area contributed by atoms with Crippen LogP contribution in [0.2, 0.25) is 0 Å².